The van der Waals surface area contributed by atoms with Gasteiger partial charge in [-0.05, 0) is 35.1 Å². The topological polar surface area (TPSA) is 50.7 Å². The van der Waals surface area contributed by atoms with Crippen LogP contribution in [0.1, 0.15) is 6.42 Å². The zero-order valence-corrected chi connectivity index (χ0v) is 12.4. The van der Waals surface area contributed by atoms with Crippen molar-refractivity contribution in [1.82, 2.24) is 5.43 Å². The largest absolute Gasteiger partial charge is 0.484 e. The molecule has 1 fully saturated rings. The van der Waals surface area contributed by atoms with E-state index in [0.717, 1.165) is 34.4 Å². The molecule has 2 aromatic carbocycles. The number of rotatable bonds is 4. The Hall–Kier alpha value is -2.01. The van der Waals surface area contributed by atoms with Gasteiger partial charge >= 0.3 is 0 Å². The van der Waals surface area contributed by atoms with E-state index in [4.69, 9.17) is 4.74 Å². The molecule has 1 aliphatic rings. The molecular formula is C16H16N2O2S. The number of ether oxygens (including phenoxy) is 1. The van der Waals surface area contributed by atoms with Crippen molar-refractivity contribution in [2.45, 2.75) is 6.42 Å². The molecule has 1 amide bonds. The van der Waals surface area contributed by atoms with Gasteiger partial charge in [-0.2, -0.15) is 16.9 Å². The van der Waals surface area contributed by atoms with Crippen molar-refractivity contribution in [3.8, 4) is 5.75 Å². The van der Waals surface area contributed by atoms with Gasteiger partial charge in [0.05, 0.1) is 0 Å². The summed E-state index contributed by atoms with van der Waals surface area (Å²) in [5.74, 6) is 2.45. The molecule has 0 aliphatic carbocycles. The van der Waals surface area contributed by atoms with Gasteiger partial charge in [-0.1, -0.05) is 30.3 Å². The Morgan fingerprint density at radius 2 is 2.10 bits per heavy atom. The Morgan fingerprint density at radius 3 is 2.90 bits per heavy atom. The van der Waals surface area contributed by atoms with Gasteiger partial charge in [0.15, 0.2) is 6.61 Å². The van der Waals surface area contributed by atoms with Crippen molar-refractivity contribution in [3.05, 3.63) is 42.5 Å². The molecule has 0 radical (unpaired) electrons. The Kier molecular flexibility index (Phi) is 4.40. The van der Waals surface area contributed by atoms with Crippen LogP contribution in [0.3, 0.4) is 0 Å². The van der Waals surface area contributed by atoms with Gasteiger partial charge < -0.3 is 4.74 Å². The third kappa shape index (κ3) is 3.76. The van der Waals surface area contributed by atoms with Crippen molar-refractivity contribution in [2.24, 2.45) is 5.10 Å². The normalized spacial score (nSPS) is 16.3. The Balaban J connectivity index is 1.55. The van der Waals surface area contributed by atoms with E-state index >= 15 is 0 Å². The highest BCUT2D eigenvalue weighted by molar-refractivity contribution is 8.00. The third-order valence-corrected chi connectivity index (χ3v) is 4.26. The summed E-state index contributed by atoms with van der Waals surface area (Å²) < 4.78 is 5.50. The lowest BCUT2D eigenvalue weighted by molar-refractivity contribution is -0.123. The van der Waals surface area contributed by atoms with Gasteiger partial charge in [-0.15, -0.1) is 0 Å². The predicted octanol–water partition coefficient (Wildman–Crippen LogP) is 2.83. The summed E-state index contributed by atoms with van der Waals surface area (Å²) in [6.45, 7) is -0.0255. The van der Waals surface area contributed by atoms with Crippen molar-refractivity contribution >= 4 is 34.2 Å². The van der Waals surface area contributed by atoms with Crippen LogP contribution in [0.5, 0.6) is 5.75 Å². The lowest BCUT2D eigenvalue weighted by Crippen LogP contribution is -2.25. The molecule has 5 heteroatoms. The second-order valence-electron chi connectivity index (χ2n) is 4.81. The number of hydrogen-bond donors (Lipinski definition) is 1. The number of hydrogen-bond acceptors (Lipinski definition) is 4. The van der Waals surface area contributed by atoms with Gasteiger partial charge in [-0.3, -0.25) is 4.79 Å². The molecule has 2 aromatic rings. The van der Waals surface area contributed by atoms with Crippen molar-refractivity contribution in [3.63, 3.8) is 0 Å². The minimum absolute atomic E-state index is 0.0255. The zero-order valence-electron chi connectivity index (χ0n) is 11.5. The summed E-state index contributed by atoms with van der Waals surface area (Å²) in [7, 11) is 0. The maximum absolute atomic E-state index is 11.7. The van der Waals surface area contributed by atoms with Crippen LogP contribution < -0.4 is 10.2 Å². The fraction of sp³-hybridized carbons (Fsp3) is 0.250. The summed E-state index contributed by atoms with van der Waals surface area (Å²) in [5.41, 5.74) is 3.58. The number of carbonyl (C=O) groups is 1. The number of hydrazone groups is 1. The fourth-order valence-corrected chi connectivity index (χ4v) is 3.09. The number of benzene rings is 2. The number of amides is 1. The first kappa shape index (κ1) is 13.9. The van der Waals surface area contributed by atoms with Crippen LogP contribution in [0.2, 0.25) is 0 Å². The van der Waals surface area contributed by atoms with Crippen molar-refractivity contribution in [2.75, 3.05) is 18.1 Å². The molecule has 1 saturated heterocycles. The fourth-order valence-electron chi connectivity index (χ4n) is 2.12. The van der Waals surface area contributed by atoms with Crippen molar-refractivity contribution in [1.29, 1.82) is 0 Å². The highest BCUT2D eigenvalue weighted by atomic mass is 32.2. The van der Waals surface area contributed by atoms with Crippen LogP contribution in [-0.2, 0) is 4.79 Å². The lowest BCUT2D eigenvalue weighted by atomic mass is 10.1. The summed E-state index contributed by atoms with van der Waals surface area (Å²) >= 11 is 1.83. The second kappa shape index (κ2) is 6.63. The van der Waals surface area contributed by atoms with E-state index in [1.165, 1.54) is 0 Å². The van der Waals surface area contributed by atoms with E-state index in [1.54, 1.807) is 0 Å². The van der Waals surface area contributed by atoms with Crippen LogP contribution in [0.25, 0.3) is 10.8 Å². The third-order valence-electron chi connectivity index (χ3n) is 3.23. The number of fused-ring (bicyclic) bond motifs is 1. The molecular weight excluding hydrogens is 284 g/mol. The van der Waals surface area contributed by atoms with Crippen LogP contribution in [-0.4, -0.2) is 29.7 Å². The molecule has 0 unspecified atom stereocenters. The minimum Gasteiger partial charge on any atom is -0.484 e. The Morgan fingerprint density at radius 1 is 1.24 bits per heavy atom. The highest BCUT2D eigenvalue weighted by Gasteiger charge is 2.09. The van der Waals surface area contributed by atoms with E-state index in [1.807, 2.05) is 54.2 Å². The average molecular weight is 300 g/mol. The maximum atomic E-state index is 11.7. The molecule has 0 bridgehead atoms. The van der Waals surface area contributed by atoms with Crippen LogP contribution in [0.15, 0.2) is 47.6 Å². The summed E-state index contributed by atoms with van der Waals surface area (Å²) in [6.07, 6.45) is 0.955. The average Bonchev–Trinajstić information content (AvgIpc) is 3.04. The van der Waals surface area contributed by atoms with Gasteiger partial charge in [0.1, 0.15) is 5.75 Å². The van der Waals surface area contributed by atoms with E-state index in [2.05, 4.69) is 10.5 Å². The number of nitrogens with zero attached hydrogens (tertiary/aromatic N) is 1. The monoisotopic (exact) mass is 300 g/mol. The highest BCUT2D eigenvalue weighted by Crippen LogP contribution is 2.20. The quantitative estimate of drug-likeness (QED) is 0.883. The molecule has 3 rings (SSSR count). The zero-order chi connectivity index (χ0) is 14.5. The van der Waals surface area contributed by atoms with Gasteiger partial charge in [0, 0.05) is 11.5 Å². The molecule has 1 aliphatic heterocycles. The van der Waals surface area contributed by atoms with Gasteiger partial charge in [0.25, 0.3) is 5.91 Å². The van der Waals surface area contributed by atoms with Crippen LogP contribution in [0.4, 0.5) is 0 Å². The first-order valence-corrected chi connectivity index (χ1v) is 8.00. The first-order valence-electron chi connectivity index (χ1n) is 6.85. The summed E-state index contributed by atoms with van der Waals surface area (Å²) in [5, 5.41) is 6.35. The summed E-state index contributed by atoms with van der Waals surface area (Å²) in [6, 6.07) is 13.8. The summed E-state index contributed by atoms with van der Waals surface area (Å²) in [4.78, 5) is 11.7. The van der Waals surface area contributed by atoms with E-state index in [-0.39, 0.29) is 12.5 Å². The number of carbonyl (C=O) groups excluding carboxylic acids is 1. The molecule has 108 valence electrons. The molecule has 21 heavy (non-hydrogen) atoms. The van der Waals surface area contributed by atoms with Crippen LogP contribution in [0, 0.1) is 0 Å². The Bertz CT molecular complexity index is 677. The second-order valence-corrected chi connectivity index (χ2v) is 5.92. The van der Waals surface area contributed by atoms with Crippen LogP contribution >= 0.6 is 11.8 Å². The molecule has 0 spiro atoms. The van der Waals surface area contributed by atoms with Gasteiger partial charge in [0.2, 0.25) is 0 Å². The van der Waals surface area contributed by atoms with E-state index in [0.29, 0.717) is 5.75 Å². The minimum atomic E-state index is -0.229. The molecule has 0 aromatic heterocycles. The number of thioether (sulfide) groups is 1. The SMILES string of the molecule is O=C(COc1ccc2ccccc2c1)N/N=C1\CCSC1. The smallest absolute Gasteiger partial charge is 0.277 e. The molecule has 0 saturated carbocycles. The Labute approximate surface area is 127 Å². The first-order chi connectivity index (χ1) is 10.3. The number of nitrogens with one attached hydrogen (secondary N) is 1. The molecule has 4 nitrogen and oxygen atoms in total. The predicted molar refractivity (Wildman–Crippen MR) is 87.0 cm³/mol. The maximum Gasteiger partial charge on any atom is 0.277 e. The van der Waals surface area contributed by atoms with E-state index in [9.17, 15) is 4.79 Å². The lowest BCUT2D eigenvalue weighted by Gasteiger charge is -2.06. The van der Waals surface area contributed by atoms with Crippen molar-refractivity contribution < 1.29 is 9.53 Å². The van der Waals surface area contributed by atoms with E-state index < -0.39 is 0 Å². The van der Waals surface area contributed by atoms with Gasteiger partial charge in [-0.25, -0.2) is 5.43 Å². The molecule has 1 N–H and O–H groups in total. The molecule has 1 heterocycles. The standard InChI is InChI=1S/C16H16N2O2S/c19-16(18-17-14-7-8-21-11-14)10-20-15-6-5-12-3-1-2-4-13(12)9-15/h1-6,9H,7-8,10-11H2,(H,18,19)/b17-14+. The molecule has 0 atom stereocenters.